The van der Waals surface area contributed by atoms with Crippen molar-refractivity contribution in [3.63, 3.8) is 0 Å². The molecule has 22 heavy (non-hydrogen) atoms. The molecule has 3 aromatic rings. The van der Waals surface area contributed by atoms with Gasteiger partial charge in [0.1, 0.15) is 5.82 Å². The molecule has 2 aromatic carbocycles. The Labute approximate surface area is 131 Å². The van der Waals surface area contributed by atoms with Crippen molar-refractivity contribution in [2.45, 2.75) is 34.2 Å². The van der Waals surface area contributed by atoms with Crippen molar-refractivity contribution in [3.05, 3.63) is 47.5 Å². The summed E-state index contributed by atoms with van der Waals surface area (Å²) in [5, 5.41) is 0. The monoisotopic (exact) mass is 293 g/mol. The molecule has 0 bridgehead atoms. The average Bonchev–Trinajstić information content (AvgIpc) is 2.78. The van der Waals surface area contributed by atoms with Crippen molar-refractivity contribution in [2.24, 2.45) is 5.92 Å². The molecule has 0 spiro atoms. The van der Waals surface area contributed by atoms with Crippen molar-refractivity contribution in [1.82, 2.24) is 9.55 Å². The van der Waals surface area contributed by atoms with Gasteiger partial charge in [0.25, 0.3) is 0 Å². The van der Waals surface area contributed by atoms with E-state index in [9.17, 15) is 0 Å². The van der Waals surface area contributed by atoms with Crippen molar-refractivity contribution in [1.29, 1.82) is 0 Å². The van der Waals surface area contributed by atoms with Crippen LogP contribution in [0, 0.1) is 19.8 Å². The van der Waals surface area contributed by atoms with Crippen LogP contribution in [0.25, 0.3) is 22.4 Å². The van der Waals surface area contributed by atoms with E-state index in [0.29, 0.717) is 5.92 Å². The van der Waals surface area contributed by atoms with Crippen LogP contribution in [0.2, 0.25) is 0 Å². The first-order valence-corrected chi connectivity index (χ1v) is 7.79. The standard InChI is InChI=1S/C19H23N3/c1-12(2)11-22-18-10-14(4)13(3)9-17(18)21-19(22)15-5-7-16(20)8-6-15/h5-10,12H,11,20H2,1-4H3. The lowest BCUT2D eigenvalue weighted by Crippen LogP contribution is -2.06. The SMILES string of the molecule is Cc1cc2nc(-c3ccc(N)cc3)n(CC(C)C)c2cc1C. The van der Waals surface area contributed by atoms with Crippen LogP contribution >= 0.6 is 0 Å². The lowest BCUT2D eigenvalue weighted by atomic mass is 10.1. The number of hydrogen-bond acceptors (Lipinski definition) is 2. The summed E-state index contributed by atoms with van der Waals surface area (Å²) < 4.78 is 2.33. The molecule has 1 heterocycles. The van der Waals surface area contributed by atoms with Gasteiger partial charge in [-0.1, -0.05) is 13.8 Å². The number of imidazole rings is 1. The number of hydrogen-bond donors (Lipinski definition) is 1. The van der Waals surface area contributed by atoms with E-state index in [0.717, 1.165) is 29.1 Å². The third-order valence-corrected chi connectivity index (χ3v) is 4.08. The number of fused-ring (bicyclic) bond motifs is 1. The first-order valence-electron chi connectivity index (χ1n) is 7.79. The number of nitrogen functional groups attached to an aromatic ring is 1. The van der Waals surface area contributed by atoms with Gasteiger partial charge in [-0.15, -0.1) is 0 Å². The number of rotatable bonds is 3. The van der Waals surface area contributed by atoms with E-state index in [1.165, 1.54) is 16.6 Å². The molecule has 0 aliphatic rings. The Kier molecular flexibility index (Phi) is 3.65. The minimum atomic E-state index is 0.562. The van der Waals surface area contributed by atoms with Crippen LogP contribution in [0.3, 0.4) is 0 Å². The average molecular weight is 293 g/mol. The largest absolute Gasteiger partial charge is 0.399 e. The summed E-state index contributed by atoms with van der Waals surface area (Å²) in [5.41, 5.74) is 12.6. The summed E-state index contributed by atoms with van der Waals surface area (Å²) in [6.07, 6.45) is 0. The van der Waals surface area contributed by atoms with Gasteiger partial charge in [0.2, 0.25) is 0 Å². The Balaban J connectivity index is 2.25. The fraction of sp³-hybridized carbons (Fsp3) is 0.316. The zero-order valence-corrected chi connectivity index (χ0v) is 13.7. The number of aryl methyl sites for hydroxylation is 2. The summed E-state index contributed by atoms with van der Waals surface area (Å²) in [6, 6.07) is 12.4. The molecule has 0 fully saturated rings. The Morgan fingerprint density at radius 3 is 2.32 bits per heavy atom. The fourth-order valence-corrected chi connectivity index (χ4v) is 2.78. The number of aromatic nitrogens is 2. The molecule has 0 radical (unpaired) electrons. The van der Waals surface area contributed by atoms with Gasteiger partial charge in [0.15, 0.2) is 0 Å². The number of anilines is 1. The molecule has 0 aliphatic heterocycles. The topological polar surface area (TPSA) is 43.8 Å². The molecule has 3 heteroatoms. The van der Waals surface area contributed by atoms with E-state index in [2.05, 4.69) is 44.4 Å². The van der Waals surface area contributed by atoms with Crippen LogP contribution in [-0.4, -0.2) is 9.55 Å². The van der Waals surface area contributed by atoms with Gasteiger partial charge < -0.3 is 10.3 Å². The first kappa shape index (κ1) is 14.6. The summed E-state index contributed by atoms with van der Waals surface area (Å²) in [4.78, 5) is 4.89. The Bertz CT molecular complexity index is 811. The maximum absolute atomic E-state index is 5.81. The highest BCUT2D eigenvalue weighted by atomic mass is 15.1. The number of nitrogens with two attached hydrogens (primary N) is 1. The van der Waals surface area contributed by atoms with Crippen molar-refractivity contribution >= 4 is 16.7 Å². The molecule has 2 N–H and O–H groups in total. The first-order chi connectivity index (χ1) is 10.5. The highest BCUT2D eigenvalue weighted by Crippen LogP contribution is 2.28. The summed E-state index contributed by atoms with van der Waals surface area (Å²) >= 11 is 0. The third kappa shape index (κ3) is 2.59. The van der Waals surface area contributed by atoms with E-state index in [1.54, 1.807) is 0 Å². The van der Waals surface area contributed by atoms with Gasteiger partial charge >= 0.3 is 0 Å². The molecular weight excluding hydrogens is 270 g/mol. The number of benzene rings is 2. The van der Waals surface area contributed by atoms with Crippen molar-refractivity contribution in [3.8, 4) is 11.4 Å². The van der Waals surface area contributed by atoms with Gasteiger partial charge in [-0.3, -0.25) is 0 Å². The van der Waals surface area contributed by atoms with E-state index in [1.807, 2.05) is 24.3 Å². The van der Waals surface area contributed by atoms with Crippen LogP contribution in [0.5, 0.6) is 0 Å². The quantitative estimate of drug-likeness (QED) is 0.719. The second kappa shape index (κ2) is 5.48. The van der Waals surface area contributed by atoms with E-state index >= 15 is 0 Å². The Morgan fingerprint density at radius 2 is 1.68 bits per heavy atom. The summed E-state index contributed by atoms with van der Waals surface area (Å²) in [7, 11) is 0. The molecule has 0 unspecified atom stereocenters. The lowest BCUT2D eigenvalue weighted by Gasteiger charge is -2.12. The second-order valence-electron chi connectivity index (χ2n) is 6.49. The Morgan fingerprint density at radius 1 is 1.05 bits per heavy atom. The van der Waals surface area contributed by atoms with Crippen molar-refractivity contribution < 1.29 is 0 Å². The fourth-order valence-electron chi connectivity index (χ4n) is 2.78. The maximum Gasteiger partial charge on any atom is 0.141 e. The van der Waals surface area contributed by atoms with E-state index in [-0.39, 0.29) is 0 Å². The van der Waals surface area contributed by atoms with Gasteiger partial charge in [0.05, 0.1) is 11.0 Å². The molecule has 0 saturated carbocycles. The van der Waals surface area contributed by atoms with Crippen LogP contribution < -0.4 is 5.73 Å². The summed E-state index contributed by atoms with van der Waals surface area (Å²) in [5.74, 6) is 1.58. The zero-order valence-electron chi connectivity index (χ0n) is 13.7. The molecule has 3 nitrogen and oxygen atoms in total. The molecule has 0 aliphatic carbocycles. The zero-order chi connectivity index (χ0) is 15.9. The molecular formula is C19H23N3. The Hall–Kier alpha value is -2.29. The normalized spacial score (nSPS) is 11.5. The minimum absolute atomic E-state index is 0.562. The molecule has 1 aromatic heterocycles. The smallest absolute Gasteiger partial charge is 0.141 e. The van der Waals surface area contributed by atoms with Crippen LogP contribution in [0.4, 0.5) is 5.69 Å². The van der Waals surface area contributed by atoms with E-state index < -0.39 is 0 Å². The highest BCUT2D eigenvalue weighted by molar-refractivity contribution is 5.82. The predicted octanol–water partition coefficient (Wildman–Crippen LogP) is 4.56. The summed E-state index contributed by atoms with van der Waals surface area (Å²) in [6.45, 7) is 9.72. The lowest BCUT2D eigenvalue weighted by molar-refractivity contribution is 0.536. The van der Waals surface area contributed by atoms with Gasteiger partial charge in [0, 0.05) is 17.8 Å². The molecule has 0 saturated heterocycles. The third-order valence-electron chi connectivity index (χ3n) is 4.08. The second-order valence-corrected chi connectivity index (χ2v) is 6.49. The van der Waals surface area contributed by atoms with Crippen LogP contribution in [-0.2, 0) is 6.54 Å². The number of nitrogens with zero attached hydrogens (tertiary/aromatic N) is 2. The molecule has 0 atom stereocenters. The van der Waals surface area contributed by atoms with Crippen molar-refractivity contribution in [2.75, 3.05) is 5.73 Å². The minimum Gasteiger partial charge on any atom is -0.399 e. The van der Waals surface area contributed by atoms with Gasteiger partial charge in [-0.2, -0.15) is 0 Å². The maximum atomic E-state index is 5.81. The predicted molar refractivity (Wildman–Crippen MR) is 93.9 cm³/mol. The molecule has 0 amide bonds. The van der Waals surface area contributed by atoms with Crippen LogP contribution in [0.1, 0.15) is 25.0 Å². The highest BCUT2D eigenvalue weighted by Gasteiger charge is 2.14. The van der Waals surface area contributed by atoms with Gasteiger partial charge in [-0.25, -0.2) is 4.98 Å². The molecule has 114 valence electrons. The van der Waals surface area contributed by atoms with E-state index in [4.69, 9.17) is 10.7 Å². The van der Waals surface area contributed by atoms with Crippen LogP contribution in [0.15, 0.2) is 36.4 Å². The molecule has 3 rings (SSSR count). The van der Waals surface area contributed by atoms with Gasteiger partial charge in [-0.05, 0) is 67.3 Å².